The average molecular weight is 415 g/mol. The van der Waals surface area contributed by atoms with Crippen molar-refractivity contribution in [3.63, 3.8) is 0 Å². The van der Waals surface area contributed by atoms with E-state index in [1.54, 1.807) is 18.7 Å². The highest BCUT2D eigenvalue weighted by Gasteiger charge is 2.33. The molecule has 0 unspecified atom stereocenters. The fourth-order valence-electron chi connectivity index (χ4n) is 3.37. The molecule has 156 valence electrons. The minimum Gasteiger partial charge on any atom is -0.475 e. The number of ketones is 1. The molecule has 8 nitrogen and oxygen atoms in total. The van der Waals surface area contributed by atoms with Crippen LogP contribution in [0.25, 0.3) is 0 Å². The molecule has 2 aromatic heterocycles. The van der Waals surface area contributed by atoms with E-state index >= 15 is 0 Å². The highest BCUT2D eigenvalue weighted by molar-refractivity contribution is 6.01. The van der Waals surface area contributed by atoms with E-state index in [9.17, 15) is 18.4 Å². The first-order valence-corrected chi connectivity index (χ1v) is 9.24. The van der Waals surface area contributed by atoms with Crippen molar-refractivity contribution in [1.29, 1.82) is 0 Å². The lowest BCUT2D eigenvalue weighted by Gasteiger charge is -2.17. The van der Waals surface area contributed by atoms with Gasteiger partial charge in [0.1, 0.15) is 18.0 Å². The molecule has 10 heteroatoms. The first kappa shape index (κ1) is 19.7. The van der Waals surface area contributed by atoms with Crippen molar-refractivity contribution in [2.45, 2.75) is 13.0 Å². The van der Waals surface area contributed by atoms with E-state index in [2.05, 4.69) is 10.1 Å². The van der Waals surface area contributed by atoms with E-state index in [0.29, 0.717) is 17.1 Å². The summed E-state index contributed by atoms with van der Waals surface area (Å²) in [5.41, 5.74) is 1.27. The molecule has 1 amide bonds. The van der Waals surface area contributed by atoms with Crippen molar-refractivity contribution >= 4 is 17.4 Å². The zero-order valence-electron chi connectivity index (χ0n) is 16.4. The normalized spacial score (nSPS) is 16.2. The topological polar surface area (TPSA) is 82.2 Å². The van der Waals surface area contributed by atoms with E-state index in [1.807, 2.05) is 0 Å². The summed E-state index contributed by atoms with van der Waals surface area (Å²) >= 11 is 0. The number of anilines is 1. The van der Waals surface area contributed by atoms with E-state index in [0.717, 1.165) is 12.1 Å². The van der Waals surface area contributed by atoms with Crippen LogP contribution in [-0.4, -0.2) is 44.7 Å². The predicted molar refractivity (Wildman–Crippen MR) is 102 cm³/mol. The number of carbonyl (C=O) groups excluding carboxylic acids is 2. The third-order valence-corrected chi connectivity index (χ3v) is 5.03. The average Bonchev–Trinajstić information content (AvgIpc) is 3.31. The molecule has 1 atom stereocenters. The summed E-state index contributed by atoms with van der Waals surface area (Å²) in [4.78, 5) is 31.0. The Morgan fingerprint density at radius 3 is 2.83 bits per heavy atom. The number of hydrogen-bond donors (Lipinski definition) is 0. The zero-order valence-corrected chi connectivity index (χ0v) is 16.4. The van der Waals surface area contributed by atoms with Crippen molar-refractivity contribution in [3.05, 3.63) is 59.8 Å². The number of hydrogen-bond acceptors (Lipinski definition) is 5. The van der Waals surface area contributed by atoms with Crippen molar-refractivity contribution in [3.8, 4) is 5.88 Å². The molecule has 30 heavy (non-hydrogen) atoms. The van der Waals surface area contributed by atoms with Crippen molar-refractivity contribution in [2.75, 3.05) is 18.6 Å². The number of aryl methyl sites for hydroxylation is 1. The maximum Gasteiger partial charge on any atom is 0.236 e. The monoisotopic (exact) mass is 415 g/mol. The number of ether oxygens (including phenoxy) is 1. The van der Waals surface area contributed by atoms with Crippen LogP contribution in [0.2, 0.25) is 0 Å². The maximum absolute atomic E-state index is 13.4. The summed E-state index contributed by atoms with van der Waals surface area (Å²) in [5.74, 6) is -2.59. The molecule has 0 bridgehead atoms. The van der Waals surface area contributed by atoms with Crippen molar-refractivity contribution in [2.24, 2.45) is 13.0 Å². The van der Waals surface area contributed by atoms with Gasteiger partial charge in [-0.25, -0.2) is 18.4 Å². The minimum atomic E-state index is -0.934. The van der Waals surface area contributed by atoms with E-state index < -0.39 is 17.6 Å². The number of imidazole rings is 1. The van der Waals surface area contributed by atoms with Crippen LogP contribution in [0.4, 0.5) is 14.5 Å². The molecular weight excluding hydrogens is 396 g/mol. The molecule has 0 saturated carbocycles. The van der Waals surface area contributed by atoms with Gasteiger partial charge in [-0.05, 0) is 17.7 Å². The number of Topliss-reactive ketones (excluding diaryl/α,β-unsaturated/α-hetero) is 1. The highest BCUT2D eigenvalue weighted by Crippen LogP contribution is 2.31. The van der Waals surface area contributed by atoms with Gasteiger partial charge in [0.05, 0.1) is 18.4 Å². The third kappa shape index (κ3) is 3.68. The van der Waals surface area contributed by atoms with Crippen LogP contribution in [0.15, 0.2) is 36.9 Å². The summed E-state index contributed by atoms with van der Waals surface area (Å²) in [6.45, 7) is 0.283. The Morgan fingerprint density at radius 2 is 2.07 bits per heavy atom. The number of halogens is 2. The van der Waals surface area contributed by atoms with Crippen LogP contribution in [0, 0.1) is 17.6 Å². The molecule has 3 aromatic rings. The van der Waals surface area contributed by atoms with Gasteiger partial charge in [-0.15, -0.1) is 0 Å². The number of benzene rings is 1. The van der Waals surface area contributed by atoms with E-state index in [4.69, 9.17) is 4.74 Å². The number of fused-ring (bicyclic) bond motifs is 1. The van der Waals surface area contributed by atoms with Crippen LogP contribution in [0.5, 0.6) is 5.88 Å². The number of amides is 1. The Kier molecular flexibility index (Phi) is 5.06. The number of nitrogens with zero attached hydrogens (tertiary/aromatic N) is 5. The van der Waals surface area contributed by atoms with Crippen LogP contribution >= 0.6 is 0 Å². The Labute approximate surface area is 170 Å². The second-order valence-electron chi connectivity index (χ2n) is 7.17. The number of rotatable bonds is 5. The molecule has 1 aromatic carbocycles. The molecule has 1 aliphatic heterocycles. The first-order chi connectivity index (χ1) is 14.3. The summed E-state index contributed by atoms with van der Waals surface area (Å²) in [7, 11) is 3.33. The Hall–Kier alpha value is -3.56. The van der Waals surface area contributed by atoms with Gasteiger partial charge in [0.2, 0.25) is 11.8 Å². The largest absolute Gasteiger partial charge is 0.475 e. The second kappa shape index (κ2) is 7.69. The maximum atomic E-state index is 13.4. The van der Waals surface area contributed by atoms with Gasteiger partial charge in [0.15, 0.2) is 17.4 Å². The quantitative estimate of drug-likeness (QED) is 0.597. The number of carbonyl (C=O) groups is 2. The fourth-order valence-corrected chi connectivity index (χ4v) is 3.37. The molecule has 0 N–H and O–H groups in total. The van der Waals surface area contributed by atoms with Gasteiger partial charge in [-0.3, -0.25) is 9.59 Å². The molecule has 3 heterocycles. The Balaban J connectivity index is 1.44. The zero-order chi connectivity index (χ0) is 21.4. The lowest BCUT2D eigenvalue weighted by Crippen LogP contribution is -2.34. The molecule has 0 fully saturated rings. The van der Waals surface area contributed by atoms with Crippen LogP contribution in [0.3, 0.4) is 0 Å². The lowest BCUT2D eigenvalue weighted by molar-refractivity contribution is -0.122. The summed E-state index contributed by atoms with van der Waals surface area (Å²) < 4.78 is 35.3. The molecule has 4 rings (SSSR count). The fraction of sp³-hybridized carbons (Fsp3) is 0.300. The smallest absolute Gasteiger partial charge is 0.236 e. The molecule has 0 saturated heterocycles. The summed E-state index contributed by atoms with van der Waals surface area (Å²) in [6, 6.07) is 3.61. The molecule has 1 aliphatic rings. The summed E-state index contributed by atoms with van der Waals surface area (Å²) in [5, 5.41) is 4.08. The van der Waals surface area contributed by atoms with Gasteiger partial charge in [0.25, 0.3) is 0 Å². The third-order valence-electron chi connectivity index (χ3n) is 5.03. The Bertz CT molecular complexity index is 1120. The number of aromatic nitrogens is 4. The van der Waals surface area contributed by atoms with Crippen LogP contribution in [0.1, 0.15) is 22.5 Å². The summed E-state index contributed by atoms with van der Waals surface area (Å²) in [6.07, 6.45) is 4.44. The molecule has 0 spiro atoms. The van der Waals surface area contributed by atoms with E-state index in [-0.39, 0.29) is 37.0 Å². The van der Waals surface area contributed by atoms with Crippen molar-refractivity contribution < 1.29 is 23.1 Å². The SMILES string of the molecule is CN1C(=O)[C@@H](CC(=O)c2cn(Cc3ccc(F)c(F)c3)cn2)COc2c1cnn2C. The van der Waals surface area contributed by atoms with Gasteiger partial charge in [-0.1, -0.05) is 6.07 Å². The van der Waals surface area contributed by atoms with Crippen LogP contribution in [-0.2, 0) is 18.4 Å². The standard InChI is InChI=1S/C20H19F2N5O3/c1-25-17-7-24-26(2)20(17)30-10-13(19(25)29)6-18(28)16-9-27(11-23-16)8-12-3-4-14(21)15(22)5-12/h3-5,7,9,11,13H,6,8,10H2,1-2H3/t13-/m0/s1. The molecule has 0 radical (unpaired) electrons. The minimum absolute atomic E-state index is 0.0526. The highest BCUT2D eigenvalue weighted by atomic mass is 19.2. The van der Waals surface area contributed by atoms with Gasteiger partial charge in [-0.2, -0.15) is 5.10 Å². The van der Waals surface area contributed by atoms with Crippen molar-refractivity contribution in [1.82, 2.24) is 19.3 Å². The predicted octanol–water partition coefficient (Wildman–Crippen LogP) is 2.19. The van der Waals surface area contributed by atoms with Crippen LogP contribution < -0.4 is 9.64 Å². The van der Waals surface area contributed by atoms with Gasteiger partial charge < -0.3 is 14.2 Å². The molecule has 0 aliphatic carbocycles. The molecular formula is C20H19F2N5O3. The Morgan fingerprint density at radius 1 is 1.27 bits per heavy atom. The first-order valence-electron chi connectivity index (χ1n) is 9.24. The lowest BCUT2D eigenvalue weighted by atomic mass is 10.0. The van der Waals surface area contributed by atoms with Gasteiger partial charge >= 0.3 is 0 Å². The van der Waals surface area contributed by atoms with Gasteiger partial charge in [0, 0.05) is 33.3 Å². The van der Waals surface area contributed by atoms with E-state index in [1.165, 1.54) is 34.4 Å². The second-order valence-corrected chi connectivity index (χ2v) is 7.17.